The molecule has 0 radical (unpaired) electrons. The first kappa shape index (κ1) is 19.5. The number of benzene rings is 3. The first-order valence-electron chi connectivity index (χ1n) is 9.57. The Hall–Kier alpha value is -3.80. The molecule has 152 valence electrons. The number of rotatable bonds is 6. The summed E-state index contributed by atoms with van der Waals surface area (Å²) in [6, 6.07) is 18.6. The molecule has 3 aromatic carbocycles. The van der Waals surface area contributed by atoms with E-state index < -0.39 is 0 Å². The van der Waals surface area contributed by atoms with Gasteiger partial charge in [-0.1, -0.05) is 12.1 Å². The fourth-order valence-corrected chi connectivity index (χ4v) is 3.07. The van der Waals surface area contributed by atoms with Gasteiger partial charge in [0.1, 0.15) is 17.0 Å². The Balaban J connectivity index is 1.41. The van der Waals surface area contributed by atoms with Crippen molar-refractivity contribution >= 4 is 22.7 Å². The topological polar surface area (TPSA) is 73.6 Å². The average molecular weight is 402 g/mol. The van der Waals surface area contributed by atoms with Crippen LogP contribution in [0.3, 0.4) is 0 Å². The molecule has 6 heteroatoms. The van der Waals surface area contributed by atoms with Gasteiger partial charge in [-0.25, -0.2) is 4.98 Å². The molecule has 6 nitrogen and oxygen atoms in total. The molecule has 1 aromatic heterocycles. The highest BCUT2D eigenvalue weighted by Gasteiger charge is 2.10. The van der Waals surface area contributed by atoms with E-state index in [9.17, 15) is 4.79 Å². The number of nitrogens with one attached hydrogen (secondary N) is 1. The molecule has 30 heavy (non-hydrogen) atoms. The highest BCUT2D eigenvalue weighted by molar-refractivity contribution is 5.92. The summed E-state index contributed by atoms with van der Waals surface area (Å²) < 4.78 is 16.7. The van der Waals surface area contributed by atoms with Crippen LogP contribution >= 0.6 is 0 Å². The number of carbonyl (C=O) groups is 1. The summed E-state index contributed by atoms with van der Waals surface area (Å²) >= 11 is 0. The van der Waals surface area contributed by atoms with E-state index in [1.54, 1.807) is 19.2 Å². The number of methoxy groups -OCH3 is 1. The summed E-state index contributed by atoms with van der Waals surface area (Å²) in [7, 11) is 1.61. The molecular weight excluding hydrogens is 380 g/mol. The third-order valence-corrected chi connectivity index (χ3v) is 4.92. The average Bonchev–Trinajstić information content (AvgIpc) is 3.18. The fraction of sp³-hybridized carbons (Fsp3) is 0.167. The van der Waals surface area contributed by atoms with Crippen LogP contribution in [0.4, 0.5) is 5.69 Å². The quantitative estimate of drug-likeness (QED) is 0.483. The Kier molecular flexibility index (Phi) is 5.39. The highest BCUT2D eigenvalue weighted by atomic mass is 16.5. The largest absolute Gasteiger partial charge is 0.497 e. The van der Waals surface area contributed by atoms with Gasteiger partial charge in [-0.3, -0.25) is 4.79 Å². The van der Waals surface area contributed by atoms with Gasteiger partial charge in [0, 0.05) is 17.3 Å². The summed E-state index contributed by atoms with van der Waals surface area (Å²) in [5.74, 6) is 1.73. The van der Waals surface area contributed by atoms with Crippen LogP contribution < -0.4 is 14.8 Å². The smallest absolute Gasteiger partial charge is 0.262 e. The molecule has 4 rings (SSSR count). The van der Waals surface area contributed by atoms with E-state index in [1.807, 2.05) is 62.4 Å². The summed E-state index contributed by atoms with van der Waals surface area (Å²) in [5, 5.41) is 2.84. The zero-order chi connectivity index (χ0) is 21.1. The van der Waals surface area contributed by atoms with E-state index in [0.717, 1.165) is 28.0 Å². The third kappa shape index (κ3) is 4.12. The van der Waals surface area contributed by atoms with Crippen LogP contribution in [0.25, 0.3) is 22.6 Å². The van der Waals surface area contributed by atoms with Gasteiger partial charge in [-0.2, -0.15) is 0 Å². The number of oxazole rings is 1. The normalized spacial score (nSPS) is 10.8. The minimum Gasteiger partial charge on any atom is -0.497 e. The van der Waals surface area contributed by atoms with E-state index in [2.05, 4.69) is 10.3 Å². The van der Waals surface area contributed by atoms with E-state index >= 15 is 0 Å². The molecule has 4 aromatic rings. The van der Waals surface area contributed by atoms with E-state index in [0.29, 0.717) is 22.9 Å². The zero-order valence-electron chi connectivity index (χ0n) is 17.1. The van der Waals surface area contributed by atoms with Gasteiger partial charge < -0.3 is 19.2 Å². The Morgan fingerprint density at radius 2 is 1.87 bits per heavy atom. The number of anilines is 1. The van der Waals surface area contributed by atoms with Crippen molar-refractivity contribution in [2.24, 2.45) is 0 Å². The minimum atomic E-state index is -0.224. The van der Waals surface area contributed by atoms with Gasteiger partial charge in [0.2, 0.25) is 5.89 Å². The number of ether oxygens (including phenoxy) is 2. The van der Waals surface area contributed by atoms with Crippen molar-refractivity contribution in [2.75, 3.05) is 19.0 Å². The van der Waals surface area contributed by atoms with Crippen molar-refractivity contribution < 1.29 is 18.7 Å². The molecule has 1 N–H and O–H groups in total. The molecule has 0 spiro atoms. The lowest BCUT2D eigenvalue weighted by Crippen LogP contribution is -2.20. The van der Waals surface area contributed by atoms with Crippen LogP contribution in [-0.2, 0) is 4.79 Å². The molecule has 0 saturated heterocycles. The van der Waals surface area contributed by atoms with Gasteiger partial charge in [0.25, 0.3) is 5.91 Å². The summed E-state index contributed by atoms with van der Waals surface area (Å²) in [6.45, 7) is 3.93. The number of aryl methyl sites for hydroxylation is 1. The lowest BCUT2D eigenvalue weighted by molar-refractivity contribution is -0.118. The number of hydrogen-bond acceptors (Lipinski definition) is 5. The second-order valence-corrected chi connectivity index (χ2v) is 6.96. The Morgan fingerprint density at radius 3 is 2.63 bits per heavy atom. The van der Waals surface area contributed by atoms with Crippen molar-refractivity contribution in [3.05, 3.63) is 71.8 Å². The van der Waals surface area contributed by atoms with Crippen LogP contribution in [-0.4, -0.2) is 24.6 Å². The lowest BCUT2D eigenvalue weighted by Gasteiger charge is -2.11. The van der Waals surface area contributed by atoms with Crippen molar-refractivity contribution in [3.8, 4) is 23.0 Å². The molecule has 0 fully saturated rings. The molecule has 1 heterocycles. The zero-order valence-corrected chi connectivity index (χ0v) is 17.1. The number of amides is 1. The summed E-state index contributed by atoms with van der Waals surface area (Å²) in [6.07, 6.45) is 0. The predicted octanol–water partition coefficient (Wildman–Crippen LogP) is 5.14. The Labute approximate surface area is 174 Å². The monoisotopic (exact) mass is 402 g/mol. The second kappa shape index (κ2) is 8.29. The molecule has 0 aliphatic heterocycles. The summed E-state index contributed by atoms with van der Waals surface area (Å²) in [4.78, 5) is 16.7. The number of fused-ring (bicyclic) bond motifs is 1. The number of carbonyl (C=O) groups excluding carboxylic acids is 1. The minimum absolute atomic E-state index is 0.0565. The first-order chi connectivity index (χ1) is 14.5. The lowest BCUT2D eigenvalue weighted by atomic mass is 10.1. The molecular formula is C24H22N2O4. The third-order valence-electron chi connectivity index (χ3n) is 4.92. The van der Waals surface area contributed by atoms with Crippen LogP contribution in [0.5, 0.6) is 11.5 Å². The van der Waals surface area contributed by atoms with Gasteiger partial charge in [0.15, 0.2) is 12.2 Å². The van der Waals surface area contributed by atoms with Gasteiger partial charge in [0.05, 0.1) is 7.11 Å². The van der Waals surface area contributed by atoms with Gasteiger partial charge in [-0.05, 0) is 67.4 Å². The van der Waals surface area contributed by atoms with E-state index in [4.69, 9.17) is 13.9 Å². The first-order valence-corrected chi connectivity index (χ1v) is 9.57. The molecule has 0 saturated carbocycles. The maximum absolute atomic E-state index is 12.2. The van der Waals surface area contributed by atoms with Gasteiger partial charge in [-0.15, -0.1) is 0 Å². The maximum Gasteiger partial charge on any atom is 0.262 e. The molecule has 0 aliphatic carbocycles. The Bertz CT molecular complexity index is 1200. The number of aromatic nitrogens is 1. The molecule has 1 amide bonds. The number of nitrogens with zero attached hydrogens (tertiary/aromatic N) is 1. The Morgan fingerprint density at radius 1 is 1.07 bits per heavy atom. The fourth-order valence-electron chi connectivity index (χ4n) is 3.07. The van der Waals surface area contributed by atoms with E-state index in [-0.39, 0.29) is 12.5 Å². The summed E-state index contributed by atoms with van der Waals surface area (Å²) in [5.41, 5.74) is 5.06. The predicted molar refractivity (Wildman–Crippen MR) is 116 cm³/mol. The second-order valence-electron chi connectivity index (χ2n) is 6.96. The van der Waals surface area contributed by atoms with Crippen molar-refractivity contribution in [1.82, 2.24) is 4.98 Å². The maximum atomic E-state index is 12.2. The SMILES string of the molecule is COc1ccc2oc(-c3ccc(NC(=O)COc4cccc(C)c4C)cc3)nc2c1. The van der Waals surface area contributed by atoms with Crippen LogP contribution in [0.2, 0.25) is 0 Å². The van der Waals surface area contributed by atoms with Crippen LogP contribution in [0.15, 0.2) is 65.1 Å². The molecule has 0 atom stereocenters. The van der Waals surface area contributed by atoms with Crippen LogP contribution in [0.1, 0.15) is 11.1 Å². The van der Waals surface area contributed by atoms with Crippen LogP contribution in [0, 0.1) is 13.8 Å². The van der Waals surface area contributed by atoms with Gasteiger partial charge >= 0.3 is 0 Å². The standard InChI is InChI=1S/C24H22N2O4/c1-15-5-4-6-21(16(15)2)29-14-23(27)25-18-9-7-17(8-10-18)24-26-20-13-19(28-3)11-12-22(20)30-24/h4-13H,14H2,1-3H3,(H,25,27). The highest BCUT2D eigenvalue weighted by Crippen LogP contribution is 2.27. The molecule has 0 unspecified atom stereocenters. The van der Waals surface area contributed by atoms with Crippen molar-refractivity contribution in [2.45, 2.75) is 13.8 Å². The van der Waals surface area contributed by atoms with Crippen molar-refractivity contribution in [1.29, 1.82) is 0 Å². The molecule has 0 aliphatic rings. The van der Waals surface area contributed by atoms with Crippen molar-refractivity contribution in [3.63, 3.8) is 0 Å². The van der Waals surface area contributed by atoms with E-state index in [1.165, 1.54) is 0 Å². The molecule has 0 bridgehead atoms. The number of hydrogen-bond donors (Lipinski definition) is 1.